The molecule has 0 saturated carbocycles. The van der Waals surface area contributed by atoms with Crippen molar-refractivity contribution in [2.45, 2.75) is 39.3 Å². The zero-order valence-corrected chi connectivity index (χ0v) is 15.2. The Balaban J connectivity index is 1.53. The molecule has 1 aromatic carbocycles. The lowest BCUT2D eigenvalue weighted by Gasteiger charge is -2.25. The normalized spacial score (nSPS) is 18.1. The smallest absolute Gasteiger partial charge is 0.0991 e. The molecule has 4 rings (SSSR count). The van der Waals surface area contributed by atoms with Crippen LogP contribution in [0.5, 0.6) is 0 Å². The first kappa shape index (κ1) is 16.1. The van der Waals surface area contributed by atoms with Crippen molar-refractivity contribution in [1.82, 2.24) is 24.2 Å². The molecule has 1 aliphatic heterocycles. The summed E-state index contributed by atoms with van der Waals surface area (Å²) in [6.45, 7) is 6.47. The summed E-state index contributed by atoms with van der Waals surface area (Å²) in [5, 5.41) is 4.62. The standard InChI is InChI=1S/C20H25N5/c1-15-20(16(2)23(3)22-15)19-5-4-11-24(19)13-17-6-8-18(9-7-17)25-12-10-21-14-25/h6-10,12,14,19H,4-5,11,13H2,1-3H3. The Kier molecular flexibility index (Phi) is 4.17. The Hall–Kier alpha value is -2.40. The van der Waals surface area contributed by atoms with Crippen LogP contribution in [-0.4, -0.2) is 30.8 Å². The molecule has 1 fully saturated rings. The highest BCUT2D eigenvalue weighted by atomic mass is 15.3. The molecule has 3 aromatic rings. The molecule has 5 heteroatoms. The quantitative estimate of drug-likeness (QED) is 0.732. The molecule has 1 atom stereocenters. The fraction of sp³-hybridized carbons (Fsp3) is 0.400. The third kappa shape index (κ3) is 3.00. The van der Waals surface area contributed by atoms with Gasteiger partial charge in [-0.3, -0.25) is 9.58 Å². The third-order valence-corrected chi connectivity index (χ3v) is 5.39. The van der Waals surface area contributed by atoms with Crippen LogP contribution >= 0.6 is 0 Å². The largest absolute Gasteiger partial charge is 0.306 e. The molecule has 5 nitrogen and oxygen atoms in total. The predicted octanol–water partition coefficient (Wildman–Crippen LogP) is 3.56. The lowest BCUT2D eigenvalue weighted by molar-refractivity contribution is 0.247. The molecule has 0 radical (unpaired) electrons. The summed E-state index contributed by atoms with van der Waals surface area (Å²) in [5.41, 5.74) is 6.40. The second kappa shape index (κ2) is 6.48. The predicted molar refractivity (Wildman–Crippen MR) is 98.6 cm³/mol. The van der Waals surface area contributed by atoms with E-state index in [0.29, 0.717) is 6.04 Å². The summed E-state index contributed by atoms with van der Waals surface area (Å²) < 4.78 is 4.05. The van der Waals surface area contributed by atoms with Crippen LogP contribution < -0.4 is 0 Å². The van der Waals surface area contributed by atoms with Gasteiger partial charge in [0.25, 0.3) is 0 Å². The summed E-state index contributed by atoms with van der Waals surface area (Å²) in [6.07, 6.45) is 8.09. The van der Waals surface area contributed by atoms with Crippen LogP contribution in [0.2, 0.25) is 0 Å². The minimum Gasteiger partial charge on any atom is -0.306 e. The van der Waals surface area contributed by atoms with E-state index in [1.807, 2.05) is 28.8 Å². The van der Waals surface area contributed by atoms with Crippen molar-refractivity contribution in [3.8, 4) is 5.69 Å². The van der Waals surface area contributed by atoms with Crippen LogP contribution in [-0.2, 0) is 13.6 Å². The monoisotopic (exact) mass is 335 g/mol. The highest BCUT2D eigenvalue weighted by molar-refractivity contribution is 5.35. The van der Waals surface area contributed by atoms with Gasteiger partial charge >= 0.3 is 0 Å². The van der Waals surface area contributed by atoms with Crippen molar-refractivity contribution >= 4 is 0 Å². The number of benzene rings is 1. The van der Waals surface area contributed by atoms with Crippen molar-refractivity contribution in [3.05, 3.63) is 65.5 Å². The van der Waals surface area contributed by atoms with Crippen molar-refractivity contribution in [3.63, 3.8) is 0 Å². The number of likely N-dealkylation sites (tertiary alicyclic amines) is 1. The summed E-state index contributed by atoms with van der Waals surface area (Å²) in [4.78, 5) is 6.71. The number of hydrogen-bond acceptors (Lipinski definition) is 3. The molecule has 3 heterocycles. The summed E-state index contributed by atoms with van der Waals surface area (Å²) in [6, 6.07) is 9.29. The van der Waals surface area contributed by atoms with Gasteiger partial charge in [0.1, 0.15) is 0 Å². The Bertz CT molecular complexity index is 845. The van der Waals surface area contributed by atoms with Gasteiger partial charge in [0.2, 0.25) is 0 Å². The van der Waals surface area contributed by atoms with E-state index in [9.17, 15) is 0 Å². The van der Waals surface area contributed by atoms with Gasteiger partial charge in [-0.15, -0.1) is 0 Å². The zero-order valence-electron chi connectivity index (χ0n) is 15.2. The number of nitrogens with zero attached hydrogens (tertiary/aromatic N) is 5. The maximum Gasteiger partial charge on any atom is 0.0991 e. The van der Waals surface area contributed by atoms with Crippen LogP contribution in [0.1, 0.15) is 41.4 Å². The topological polar surface area (TPSA) is 38.9 Å². The second-order valence-electron chi connectivity index (χ2n) is 6.97. The van der Waals surface area contributed by atoms with E-state index in [1.54, 1.807) is 6.20 Å². The Labute approximate surface area is 148 Å². The van der Waals surface area contributed by atoms with Gasteiger partial charge in [-0.2, -0.15) is 5.10 Å². The third-order valence-electron chi connectivity index (χ3n) is 5.39. The van der Waals surface area contributed by atoms with Crippen LogP contribution in [0.25, 0.3) is 5.69 Å². The molecule has 0 spiro atoms. The first-order chi connectivity index (χ1) is 12.1. The molecule has 0 N–H and O–H groups in total. The molecule has 2 aromatic heterocycles. The van der Waals surface area contributed by atoms with Crippen LogP contribution in [0.15, 0.2) is 43.0 Å². The average molecular weight is 335 g/mol. The maximum atomic E-state index is 4.62. The van der Waals surface area contributed by atoms with Crippen LogP contribution in [0.3, 0.4) is 0 Å². The lowest BCUT2D eigenvalue weighted by atomic mass is 10.0. The van der Waals surface area contributed by atoms with Gasteiger partial charge in [0.15, 0.2) is 0 Å². The minimum absolute atomic E-state index is 0.488. The maximum absolute atomic E-state index is 4.62. The van der Waals surface area contributed by atoms with E-state index in [0.717, 1.165) is 18.8 Å². The summed E-state index contributed by atoms with van der Waals surface area (Å²) in [7, 11) is 2.04. The van der Waals surface area contributed by atoms with E-state index in [4.69, 9.17) is 0 Å². The number of aromatic nitrogens is 4. The fourth-order valence-electron chi connectivity index (χ4n) is 4.03. The van der Waals surface area contributed by atoms with Crippen LogP contribution in [0.4, 0.5) is 0 Å². The number of aryl methyl sites for hydroxylation is 2. The van der Waals surface area contributed by atoms with E-state index in [-0.39, 0.29) is 0 Å². The van der Waals surface area contributed by atoms with E-state index < -0.39 is 0 Å². The highest BCUT2D eigenvalue weighted by Gasteiger charge is 2.30. The molecule has 0 amide bonds. The number of rotatable bonds is 4. The molecule has 1 aliphatic rings. The van der Waals surface area contributed by atoms with Gasteiger partial charge in [0, 0.05) is 49.0 Å². The zero-order chi connectivity index (χ0) is 17.4. The van der Waals surface area contributed by atoms with Gasteiger partial charge in [-0.25, -0.2) is 4.98 Å². The molecular weight excluding hydrogens is 310 g/mol. The van der Waals surface area contributed by atoms with Gasteiger partial charge in [0.05, 0.1) is 12.0 Å². The fourth-order valence-corrected chi connectivity index (χ4v) is 4.03. The minimum atomic E-state index is 0.488. The van der Waals surface area contributed by atoms with E-state index in [2.05, 4.69) is 53.1 Å². The van der Waals surface area contributed by atoms with Crippen LogP contribution in [0, 0.1) is 13.8 Å². The molecular formula is C20H25N5. The van der Waals surface area contributed by atoms with Gasteiger partial charge in [-0.1, -0.05) is 12.1 Å². The van der Waals surface area contributed by atoms with Crippen molar-refractivity contribution in [2.75, 3.05) is 6.54 Å². The van der Waals surface area contributed by atoms with Gasteiger partial charge < -0.3 is 4.57 Å². The first-order valence-corrected chi connectivity index (χ1v) is 8.95. The second-order valence-corrected chi connectivity index (χ2v) is 6.97. The van der Waals surface area contributed by atoms with E-state index in [1.165, 1.54) is 35.4 Å². The summed E-state index contributed by atoms with van der Waals surface area (Å²) in [5.74, 6) is 0. The Morgan fingerprint density at radius 3 is 2.60 bits per heavy atom. The molecule has 0 bridgehead atoms. The number of imidazole rings is 1. The Morgan fingerprint density at radius 2 is 1.96 bits per heavy atom. The highest BCUT2D eigenvalue weighted by Crippen LogP contribution is 2.36. The average Bonchev–Trinajstić information content (AvgIpc) is 3.32. The molecule has 0 aliphatic carbocycles. The van der Waals surface area contributed by atoms with E-state index >= 15 is 0 Å². The molecule has 1 unspecified atom stereocenters. The lowest BCUT2D eigenvalue weighted by Crippen LogP contribution is -2.23. The SMILES string of the molecule is Cc1nn(C)c(C)c1C1CCCN1Cc1ccc(-n2ccnc2)cc1. The summed E-state index contributed by atoms with van der Waals surface area (Å²) >= 11 is 0. The van der Waals surface area contributed by atoms with Crippen molar-refractivity contribution < 1.29 is 0 Å². The number of hydrogen-bond donors (Lipinski definition) is 0. The first-order valence-electron chi connectivity index (χ1n) is 8.95. The van der Waals surface area contributed by atoms with Crippen molar-refractivity contribution in [1.29, 1.82) is 0 Å². The molecule has 130 valence electrons. The Morgan fingerprint density at radius 1 is 1.16 bits per heavy atom. The van der Waals surface area contributed by atoms with Crippen molar-refractivity contribution in [2.24, 2.45) is 7.05 Å². The van der Waals surface area contributed by atoms with Gasteiger partial charge in [-0.05, 0) is 50.9 Å². The molecule has 25 heavy (non-hydrogen) atoms. The molecule has 1 saturated heterocycles.